The smallest absolute Gasteiger partial charge is 0.361 e. The van der Waals surface area contributed by atoms with Gasteiger partial charge in [-0.1, -0.05) is 285 Å². The summed E-state index contributed by atoms with van der Waals surface area (Å²) in [6.45, 7) is 4.60. The van der Waals surface area contributed by atoms with Crippen LogP contribution in [0.4, 0.5) is 0 Å². The third-order valence-electron chi connectivity index (χ3n) is 14.3. The van der Waals surface area contributed by atoms with Crippen LogP contribution in [-0.4, -0.2) is 87.4 Å². The summed E-state index contributed by atoms with van der Waals surface area (Å²) < 4.78 is 22.9. The normalized spacial score (nSPS) is 13.9. The molecular weight excluding hydrogens is 1130 g/mol. The first-order valence-electron chi connectivity index (χ1n) is 35.6. The molecule has 0 saturated carbocycles. The number of likely N-dealkylation sites (N-methyl/N-ethyl adjacent to an activating group) is 1. The summed E-state index contributed by atoms with van der Waals surface area (Å²) in [7, 11) is 5.96. The quantitative estimate of drug-likeness (QED) is 0.0211. The molecular formula is C82H130NO8+. The molecule has 9 heteroatoms. The molecule has 0 aromatic heterocycles. The SMILES string of the molecule is CC/C=C\C/C=C\C/C=C\C/C=C\C/C=C\C/C=C\C/C=C\C/C=C\C/C=C\C/C=C\CCCCCCCCC(=O)OC(COC(=O)CCCCCCCCCCCC/C=C\C/C=C\C/C=C\C/C=C\C/C=C\C/C=C\CC)COC(OCC[N+](C)(C)C)C(=O)O. The molecule has 1 N–H and O–H groups in total. The van der Waals surface area contributed by atoms with E-state index in [2.05, 4.69) is 208 Å². The van der Waals surface area contributed by atoms with E-state index in [-0.39, 0.29) is 38.6 Å². The fraction of sp³-hybridized carbons (Fsp3) is 0.573. The highest BCUT2D eigenvalue weighted by atomic mass is 16.7. The molecule has 510 valence electrons. The van der Waals surface area contributed by atoms with Crippen LogP contribution in [0.25, 0.3) is 0 Å². The summed E-state index contributed by atoms with van der Waals surface area (Å²) in [4.78, 5) is 37.7. The highest BCUT2D eigenvalue weighted by molar-refractivity contribution is 5.71. The minimum absolute atomic E-state index is 0.173. The van der Waals surface area contributed by atoms with Gasteiger partial charge >= 0.3 is 17.9 Å². The monoisotopic (exact) mass is 1260 g/mol. The first-order valence-corrected chi connectivity index (χ1v) is 35.6. The van der Waals surface area contributed by atoms with Crippen LogP contribution in [0.5, 0.6) is 0 Å². The lowest BCUT2D eigenvalue weighted by Crippen LogP contribution is -2.40. The maximum absolute atomic E-state index is 13.0. The van der Waals surface area contributed by atoms with Crippen molar-refractivity contribution in [3.05, 3.63) is 194 Å². The van der Waals surface area contributed by atoms with Crippen LogP contribution in [0, 0.1) is 0 Å². The first kappa shape index (κ1) is 85.1. The number of quaternary nitrogens is 1. The lowest BCUT2D eigenvalue weighted by Gasteiger charge is -2.25. The highest BCUT2D eigenvalue weighted by Crippen LogP contribution is 2.15. The van der Waals surface area contributed by atoms with Crippen LogP contribution in [0.15, 0.2) is 194 Å². The van der Waals surface area contributed by atoms with Crippen LogP contribution in [0.1, 0.15) is 245 Å². The van der Waals surface area contributed by atoms with Crippen molar-refractivity contribution in [3.8, 4) is 0 Å². The first-order chi connectivity index (χ1) is 44.6. The number of ether oxygens (including phenoxy) is 4. The highest BCUT2D eigenvalue weighted by Gasteiger charge is 2.25. The lowest BCUT2D eigenvalue weighted by molar-refractivity contribution is -0.870. The van der Waals surface area contributed by atoms with Gasteiger partial charge in [0.25, 0.3) is 6.29 Å². The summed E-state index contributed by atoms with van der Waals surface area (Å²) >= 11 is 0. The van der Waals surface area contributed by atoms with E-state index in [0.717, 1.165) is 173 Å². The van der Waals surface area contributed by atoms with Crippen LogP contribution in [0.3, 0.4) is 0 Å². The van der Waals surface area contributed by atoms with Gasteiger partial charge in [-0.25, -0.2) is 4.79 Å². The van der Waals surface area contributed by atoms with Gasteiger partial charge in [0.15, 0.2) is 6.10 Å². The average molecular weight is 1260 g/mol. The fourth-order valence-corrected chi connectivity index (χ4v) is 8.99. The van der Waals surface area contributed by atoms with Gasteiger partial charge in [0, 0.05) is 12.8 Å². The second-order valence-corrected chi connectivity index (χ2v) is 24.1. The molecule has 2 unspecified atom stereocenters. The molecule has 0 aliphatic heterocycles. The van der Waals surface area contributed by atoms with Crippen LogP contribution in [0.2, 0.25) is 0 Å². The largest absolute Gasteiger partial charge is 0.477 e. The molecule has 2 atom stereocenters. The Kier molecular flexibility index (Phi) is 65.5. The summed E-state index contributed by atoms with van der Waals surface area (Å²) in [6.07, 6.45) is 105. The number of rotatable bonds is 63. The third kappa shape index (κ3) is 71.4. The molecule has 0 amide bonds. The number of hydrogen-bond donors (Lipinski definition) is 1. The maximum atomic E-state index is 13.0. The Hall–Kier alpha value is -5.87. The zero-order valence-corrected chi connectivity index (χ0v) is 58.2. The summed E-state index contributed by atoms with van der Waals surface area (Å²) in [5.74, 6) is -2.05. The minimum Gasteiger partial charge on any atom is -0.477 e. The van der Waals surface area contributed by atoms with E-state index in [0.29, 0.717) is 17.4 Å². The van der Waals surface area contributed by atoms with Gasteiger partial charge in [0.05, 0.1) is 34.4 Å². The Bertz CT molecular complexity index is 2200. The molecule has 9 nitrogen and oxygen atoms in total. The van der Waals surface area contributed by atoms with E-state index in [1.807, 2.05) is 21.1 Å². The molecule has 0 spiro atoms. The number of unbranched alkanes of at least 4 members (excludes halogenated alkanes) is 16. The summed E-state index contributed by atoms with van der Waals surface area (Å²) in [6, 6.07) is 0. The molecule has 0 aromatic carbocycles. The van der Waals surface area contributed by atoms with E-state index in [4.69, 9.17) is 18.9 Å². The Labute approximate surface area is 557 Å². The van der Waals surface area contributed by atoms with Crippen LogP contribution < -0.4 is 0 Å². The van der Waals surface area contributed by atoms with Gasteiger partial charge in [-0.05, 0) is 141 Å². The lowest BCUT2D eigenvalue weighted by atomic mass is 10.1. The number of carboxylic acids is 1. The number of esters is 2. The van der Waals surface area contributed by atoms with E-state index in [1.165, 1.54) is 38.5 Å². The Morgan fingerprint density at radius 1 is 0.330 bits per heavy atom. The van der Waals surface area contributed by atoms with Crippen molar-refractivity contribution >= 4 is 17.9 Å². The Morgan fingerprint density at radius 3 is 0.879 bits per heavy atom. The molecule has 91 heavy (non-hydrogen) atoms. The fourth-order valence-electron chi connectivity index (χ4n) is 8.99. The number of aliphatic carboxylic acids is 1. The standard InChI is InChI=1S/C82H129NO8/c1-6-8-10-12-14-16-18-20-22-24-26-28-30-32-34-36-37-38-39-40-41-42-43-45-47-49-51-53-55-57-59-61-63-65-67-69-71-73-80(85)91-78(77-90-82(81(86)87)88-75-74-83(3,4)5)76-89-79(84)72-70-68-66-64-62-60-58-56-54-52-50-48-46-44-35-33-31-29-27-25-23-21-19-17-15-13-11-9-7-2/h8-11,14-17,20-23,26-29,32-35,37-38,40-41,43,45-46,48-49,51,55,57,78,82H,6-7,12-13,18-19,24-25,30-31,36,39,42,44,47,50,52-54,56,58-77H2,1-5H3/p+1/b10-8-,11-9-,16-14-,17-15-,22-20-,23-21-,28-26-,29-27-,34-32-,35-33-,38-37-,41-40-,45-43-,48-46-,51-49-,57-55-. The van der Waals surface area contributed by atoms with Gasteiger partial charge in [-0.3, -0.25) is 9.59 Å². The predicted molar refractivity (Wildman–Crippen MR) is 391 cm³/mol. The molecule has 0 bridgehead atoms. The van der Waals surface area contributed by atoms with Crippen molar-refractivity contribution in [2.75, 3.05) is 47.5 Å². The van der Waals surface area contributed by atoms with Gasteiger partial charge < -0.3 is 28.5 Å². The number of allylic oxidation sites excluding steroid dienone is 32. The number of carbonyl (C=O) groups excluding carboxylic acids is 2. The molecule has 0 fully saturated rings. The summed E-state index contributed by atoms with van der Waals surface area (Å²) in [5.41, 5.74) is 0. The second kappa shape index (κ2) is 70.0. The molecule has 0 radical (unpaired) electrons. The number of carbonyl (C=O) groups is 3. The van der Waals surface area contributed by atoms with Crippen LogP contribution >= 0.6 is 0 Å². The second-order valence-electron chi connectivity index (χ2n) is 24.1. The van der Waals surface area contributed by atoms with E-state index in [9.17, 15) is 19.5 Å². The van der Waals surface area contributed by atoms with Gasteiger partial charge in [-0.15, -0.1) is 0 Å². The van der Waals surface area contributed by atoms with Crippen LogP contribution in [-0.2, 0) is 33.3 Å². The third-order valence-corrected chi connectivity index (χ3v) is 14.3. The van der Waals surface area contributed by atoms with E-state index >= 15 is 0 Å². The Balaban J connectivity index is 4.24. The van der Waals surface area contributed by atoms with Gasteiger partial charge in [-0.2, -0.15) is 0 Å². The molecule has 0 saturated heterocycles. The zero-order chi connectivity index (χ0) is 66.1. The molecule has 0 heterocycles. The van der Waals surface area contributed by atoms with E-state index in [1.54, 1.807) is 0 Å². The number of carboxylic acid groups (broad SMARTS) is 1. The summed E-state index contributed by atoms with van der Waals surface area (Å²) in [5, 5.41) is 9.75. The molecule has 0 aliphatic rings. The molecule has 0 aromatic rings. The Morgan fingerprint density at radius 2 is 0.593 bits per heavy atom. The van der Waals surface area contributed by atoms with Crippen molar-refractivity contribution in [1.82, 2.24) is 0 Å². The molecule has 0 aliphatic carbocycles. The average Bonchev–Trinajstić information content (AvgIpc) is 3.50. The number of hydrogen-bond acceptors (Lipinski definition) is 7. The molecule has 0 rings (SSSR count). The van der Waals surface area contributed by atoms with Gasteiger partial charge in [0.1, 0.15) is 13.2 Å². The van der Waals surface area contributed by atoms with E-state index < -0.39 is 24.3 Å². The van der Waals surface area contributed by atoms with Crippen molar-refractivity contribution in [3.63, 3.8) is 0 Å². The maximum Gasteiger partial charge on any atom is 0.361 e. The topological polar surface area (TPSA) is 108 Å². The van der Waals surface area contributed by atoms with Crippen molar-refractivity contribution in [2.24, 2.45) is 0 Å². The van der Waals surface area contributed by atoms with Crippen molar-refractivity contribution < 1.29 is 42.9 Å². The van der Waals surface area contributed by atoms with Crippen molar-refractivity contribution in [1.29, 1.82) is 0 Å². The minimum atomic E-state index is -1.53. The van der Waals surface area contributed by atoms with Crippen molar-refractivity contribution in [2.45, 2.75) is 257 Å². The van der Waals surface area contributed by atoms with Gasteiger partial charge in [0.2, 0.25) is 0 Å². The predicted octanol–water partition coefficient (Wildman–Crippen LogP) is 22.6. The number of nitrogens with zero attached hydrogens (tertiary/aromatic N) is 1. The zero-order valence-electron chi connectivity index (χ0n) is 58.2.